The van der Waals surface area contributed by atoms with Gasteiger partial charge in [-0.1, -0.05) is 26.8 Å². The standard InChI is InChI=1S/C17H23NO4/c1-16(2,3)15(20)18-12-8-11-6-7-17(4,10-19)22-13(11)9-14(12)21-5/h6-9,19H,10H2,1-5H3,(H,18,20). The van der Waals surface area contributed by atoms with Crippen molar-refractivity contribution in [1.29, 1.82) is 0 Å². The molecular weight excluding hydrogens is 282 g/mol. The van der Waals surface area contributed by atoms with E-state index in [0.717, 1.165) is 5.56 Å². The molecule has 1 aromatic rings. The Kier molecular flexibility index (Phi) is 4.20. The summed E-state index contributed by atoms with van der Waals surface area (Å²) in [6, 6.07) is 3.54. The van der Waals surface area contributed by atoms with Crippen molar-refractivity contribution in [2.75, 3.05) is 19.0 Å². The Morgan fingerprint density at radius 3 is 2.64 bits per heavy atom. The predicted molar refractivity (Wildman–Crippen MR) is 86.2 cm³/mol. The highest BCUT2D eigenvalue weighted by atomic mass is 16.5. The number of methoxy groups -OCH3 is 1. The number of benzene rings is 1. The summed E-state index contributed by atoms with van der Waals surface area (Å²) >= 11 is 0. The van der Waals surface area contributed by atoms with Gasteiger partial charge in [0, 0.05) is 17.0 Å². The summed E-state index contributed by atoms with van der Waals surface area (Å²) < 4.78 is 11.2. The zero-order chi connectivity index (χ0) is 16.5. The van der Waals surface area contributed by atoms with Gasteiger partial charge >= 0.3 is 0 Å². The Labute approximate surface area is 130 Å². The maximum absolute atomic E-state index is 12.2. The molecule has 5 nitrogen and oxygen atoms in total. The highest BCUT2D eigenvalue weighted by Crippen LogP contribution is 2.39. The van der Waals surface area contributed by atoms with Crippen molar-refractivity contribution in [3.05, 3.63) is 23.8 Å². The highest BCUT2D eigenvalue weighted by molar-refractivity contribution is 5.96. The van der Waals surface area contributed by atoms with Crippen LogP contribution in [0, 0.1) is 5.41 Å². The molecule has 0 bridgehead atoms. The van der Waals surface area contributed by atoms with E-state index in [9.17, 15) is 9.90 Å². The maximum Gasteiger partial charge on any atom is 0.229 e. The van der Waals surface area contributed by atoms with Crippen molar-refractivity contribution < 1.29 is 19.4 Å². The summed E-state index contributed by atoms with van der Waals surface area (Å²) in [4.78, 5) is 12.2. The molecule has 0 aliphatic carbocycles. The van der Waals surface area contributed by atoms with Crippen molar-refractivity contribution in [3.63, 3.8) is 0 Å². The molecule has 1 aliphatic rings. The average Bonchev–Trinajstić information content (AvgIpc) is 2.46. The maximum atomic E-state index is 12.2. The van der Waals surface area contributed by atoms with Crippen molar-refractivity contribution in [3.8, 4) is 11.5 Å². The van der Waals surface area contributed by atoms with E-state index < -0.39 is 11.0 Å². The molecule has 1 amide bonds. The Morgan fingerprint density at radius 2 is 2.09 bits per heavy atom. The quantitative estimate of drug-likeness (QED) is 0.901. The van der Waals surface area contributed by atoms with Gasteiger partial charge in [-0.3, -0.25) is 4.79 Å². The topological polar surface area (TPSA) is 67.8 Å². The molecular formula is C17H23NO4. The molecule has 1 heterocycles. The lowest BCUT2D eigenvalue weighted by Gasteiger charge is -2.30. The molecule has 0 radical (unpaired) electrons. The van der Waals surface area contributed by atoms with Crippen LogP contribution in [0.5, 0.6) is 11.5 Å². The molecule has 1 aliphatic heterocycles. The van der Waals surface area contributed by atoms with E-state index in [2.05, 4.69) is 5.32 Å². The lowest BCUT2D eigenvalue weighted by Crippen LogP contribution is -2.36. The Balaban J connectivity index is 2.37. The van der Waals surface area contributed by atoms with Gasteiger partial charge in [-0.15, -0.1) is 0 Å². The summed E-state index contributed by atoms with van der Waals surface area (Å²) in [7, 11) is 1.54. The molecule has 22 heavy (non-hydrogen) atoms. The van der Waals surface area contributed by atoms with Crippen molar-refractivity contribution in [2.24, 2.45) is 5.41 Å². The first kappa shape index (κ1) is 16.4. The predicted octanol–water partition coefficient (Wildman–Crippen LogP) is 2.84. The van der Waals surface area contributed by atoms with Crippen LogP contribution in [0.2, 0.25) is 0 Å². The molecule has 1 aromatic carbocycles. The van der Waals surface area contributed by atoms with E-state index in [1.54, 1.807) is 26.2 Å². The van der Waals surface area contributed by atoms with Crippen LogP contribution in [0.25, 0.3) is 6.08 Å². The van der Waals surface area contributed by atoms with E-state index >= 15 is 0 Å². The first-order valence-electron chi connectivity index (χ1n) is 7.21. The van der Waals surface area contributed by atoms with Gasteiger partial charge < -0.3 is 19.9 Å². The molecule has 1 unspecified atom stereocenters. The van der Waals surface area contributed by atoms with Crippen LogP contribution in [0.1, 0.15) is 33.3 Å². The Hall–Kier alpha value is -2.01. The molecule has 0 saturated carbocycles. The third-order valence-corrected chi connectivity index (χ3v) is 3.53. The number of fused-ring (bicyclic) bond motifs is 1. The summed E-state index contributed by atoms with van der Waals surface area (Å²) in [5, 5.41) is 12.3. The third-order valence-electron chi connectivity index (χ3n) is 3.53. The number of aliphatic hydroxyl groups excluding tert-OH is 1. The van der Waals surface area contributed by atoms with Gasteiger partial charge in [0.1, 0.15) is 17.1 Å². The zero-order valence-electron chi connectivity index (χ0n) is 13.7. The molecule has 2 rings (SSSR count). The van der Waals surface area contributed by atoms with Gasteiger partial charge in [0.2, 0.25) is 5.91 Å². The second-order valence-electron chi connectivity index (χ2n) is 6.70. The highest BCUT2D eigenvalue weighted by Gasteiger charge is 2.28. The third kappa shape index (κ3) is 3.25. The number of anilines is 1. The van der Waals surface area contributed by atoms with E-state index in [0.29, 0.717) is 17.2 Å². The van der Waals surface area contributed by atoms with E-state index in [1.165, 1.54) is 0 Å². The monoisotopic (exact) mass is 305 g/mol. The average molecular weight is 305 g/mol. The van der Waals surface area contributed by atoms with Crippen LogP contribution in [0.3, 0.4) is 0 Å². The number of aliphatic hydroxyl groups is 1. The molecule has 1 atom stereocenters. The molecule has 0 spiro atoms. The van der Waals surface area contributed by atoms with Gasteiger partial charge in [-0.25, -0.2) is 0 Å². The number of amides is 1. The molecule has 0 saturated heterocycles. The smallest absolute Gasteiger partial charge is 0.229 e. The van der Waals surface area contributed by atoms with Crippen LogP contribution in [-0.2, 0) is 4.79 Å². The van der Waals surface area contributed by atoms with Crippen LogP contribution >= 0.6 is 0 Å². The van der Waals surface area contributed by atoms with Gasteiger partial charge in [-0.2, -0.15) is 0 Å². The largest absolute Gasteiger partial charge is 0.494 e. The first-order chi connectivity index (χ1) is 10.2. The second kappa shape index (κ2) is 5.65. The fourth-order valence-corrected chi connectivity index (χ4v) is 2.01. The number of rotatable bonds is 3. The molecule has 0 fully saturated rings. The molecule has 120 valence electrons. The Morgan fingerprint density at radius 1 is 1.41 bits per heavy atom. The molecule has 5 heteroatoms. The summed E-state index contributed by atoms with van der Waals surface area (Å²) in [6.45, 7) is 7.23. The van der Waals surface area contributed by atoms with Gasteiger partial charge in [0.15, 0.2) is 0 Å². The van der Waals surface area contributed by atoms with Gasteiger partial charge in [-0.05, 0) is 19.1 Å². The van der Waals surface area contributed by atoms with Crippen LogP contribution in [0.15, 0.2) is 18.2 Å². The van der Waals surface area contributed by atoms with Gasteiger partial charge in [0.05, 0.1) is 19.4 Å². The number of ether oxygens (including phenoxy) is 2. The Bertz CT molecular complexity index is 616. The van der Waals surface area contributed by atoms with Crippen molar-refractivity contribution >= 4 is 17.7 Å². The van der Waals surface area contributed by atoms with E-state index in [1.807, 2.05) is 32.9 Å². The summed E-state index contributed by atoms with van der Waals surface area (Å²) in [6.07, 6.45) is 3.68. The first-order valence-corrected chi connectivity index (χ1v) is 7.21. The van der Waals surface area contributed by atoms with E-state index in [-0.39, 0.29) is 12.5 Å². The molecule has 0 aromatic heterocycles. The lowest BCUT2D eigenvalue weighted by molar-refractivity contribution is -0.123. The van der Waals surface area contributed by atoms with Crippen molar-refractivity contribution in [1.82, 2.24) is 0 Å². The lowest BCUT2D eigenvalue weighted by atomic mass is 9.95. The summed E-state index contributed by atoms with van der Waals surface area (Å²) in [5.41, 5.74) is 0.189. The van der Waals surface area contributed by atoms with Crippen LogP contribution in [-0.4, -0.2) is 30.3 Å². The minimum Gasteiger partial charge on any atom is -0.494 e. The summed E-state index contributed by atoms with van der Waals surface area (Å²) in [5.74, 6) is 1.04. The van der Waals surface area contributed by atoms with E-state index in [4.69, 9.17) is 9.47 Å². The number of nitrogens with one attached hydrogen (secondary N) is 1. The second-order valence-corrected chi connectivity index (χ2v) is 6.70. The fraction of sp³-hybridized carbons (Fsp3) is 0.471. The SMILES string of the molecule is COc1cc2c(cc1NC(=O)C(C)(C)C)C=CC(C)(CO)O2. The number of hydrogen-bond donors (Lipinski definition) is 2. The normalized spacial score (nSPS) is 20.1. The minimum absolute atomic E-state index is 0.0911. The number of hydrogen-bond acceptors (Lipinski definition) is 4. The number of carbonyl (C=O) groups is 1. The van der Waals surface area contributed by atoms with Gasteiger partial charge in [0.25, 0.3) is 0 Å². The zero-order valence-corrected chi connectivity index (χ0v) is 13.7. The minimum atomic E-state index is -0.742. The number of carbonyl (C=O) groups excluding carboxylic acids is 1. The van der Waals surface area contributed by atoms with Crippen LogP contribution in [0.4, 0.5) is 5.69 Å². The van der Waals surface area contributed by atoms with Crippen LogP contribution < -0.4 is 14.8 Å². The van der Waals surface area contributed by atoms with Crippen molar-refractivity contribution in [2.45, 2.75) is 33.3 Å². The molecule has 2 N–H and O–H groups in total. The fourth-order valence-electron chi connectivity index (χ4n) is 2.01.